The minimum absolute atomic E-state index is 0.0663. The molecule has 92 valence electrons. The molecule has 0 saturated carbocycles. The zero-order valence-corrected chi connectivity index (χ0v) is 9.64. The van der Waals surface area contributed by atoms with E-state index in [2.05, 4.69) is 4.74 Å². The normalized spacial score (nSPS) is 17.3. The van der Waals surface area contributed by atoms with Crippen LogP contribution in [0.15, 0.2) is 36.1 Å². The van der Waals surface area contributed by atoms with Crippen LogP contribution in [0.4, 0.5) is 4.79 Å². The molecule has 18 heavy (non-hydrogen) atoms. The average molecular weight is 245 g/mol. The van der Waals surface area contributed by atoms with Crippen LogP contribution in [0, 0.1) is 6.92 Å². The number of alkyl carbamates (subject to hydrolysis) is 1. The molecule has 1 fully saturated rings. The highest BCUT2D eigenvalue weighted by atomic mass is 16.6. The Morgan fingerprint density at radius 3 is 2.78 bits per heavy atom. The fourth-order valence-electron chi connectivity index (χ4n) is 1.48. The number of imide groups is 1. The van der Waals surface area contributed by atoms with Gasteiger partial charge in [0.05, 0.1) is 0 Å². The van der Waals surface area contributed by atoms with Crippen LogP contribution in [0.2, 0.25) is 0 Å². The van der Waals surface area contributed by atoms with Crippen molar-refractivity contribution in [2.45, 2.75) is 6.92 Å². The quantitative estimate of drug-likeness (QED) is 0.780. The average Bonchev–Trinajstić information content (AvgIpc) is 2.62. The van der Waals surface area contributed by atoms with Crippen molar-refractivity contribution in [3.05, 3.63) is 47.2 Å². The van der Waals surface area contributed by atoms with E-state index >= 15 is 0 Å². The second kappa shape index (κ2) is 4.75. The number of aromatic hydroxyl groups is 1. The van der Waals surface area contributed by atoms with Crippen LogP contribution < -0.4 is 5.32 Å². The van der Waals surface area contributed by atoms with E-state index in [0.717, 1.165) is 5.56 Å². The van der Waals surface area contributed by atoms with E-state index in [4.69, 9.17) is 0 Å². The zero-order valence-electron chi connectivity index (χ0n) is 9.64. The Labute approximate surface area is 103 Å². The summed E-state index contributed by atoms with van der Waals surface area (Å²) in [6.45, 7) is 1.90. The maximum absolute atomic E-state index is 11.1. The number of cyclic esters (lactones) is 1. The van der Waals surface area contributed by atoms with Gasteiger partial charge in [-0.05, 0) is 25.1 Å². The maximum atomic E-state index is 11.1. The van der Waals surface area contributed by atoms with Crippen molar-refractivity contribution in [3.63, 3.8) is 0 Å². The first kappa shape index (κ1) is 11.9. The summed E-state index contributed by atoms with van der Waals surface area (Å²) in [5, 5.41) is 11.6. The third-order valence-corrected chi connectivity index (χ3v) is 2.35. The van der Waals surface area contributed by atoms with E-state index in [9.17, 15) is 14.7 Å². The Balaban J connectivity index is 2.17. The molecule has 5 heteroatoms. The van der Waals surface area contributed by atoms with E-state index in [-0.39, 0.29) is 11.5 Å². The number of nitrogens with one attached hydrogen (secondary N) is 1. The summed E-state index contributed by atoms with van der Waals surface area (Å²) in [7, 11) is 0. The monoisotopic (exact) mass is 245 g/mol. The second-order valence-corrected chi connectivity index (χ2v) is 3.80. The van der Waals surface area contributed by atoms with Gasteiger partial charge in [-0.25, -0.2) is 4.79 Å². The lowest BCUT2D eigenvalue weighted by atomic mass is 10.1. The van der Waals surface area contributed by atoms with Gasteiger partial charge < -0.3 is 9.84 Å². The Morgan fingerprint density at radius 1 is 1.33 bits per heavy atom. The van der Waals surface area contributed by atoms with Gasteiger partial charge in [0.2, 0.25) is 0 Å². The predicted octanol–water partition coefficient (Wildman–Crippen LogP) is 1.86. The topological polar surface area (TPSA) is 75.6 Å². The number of phenols is 1. The molecule has 1 saturated heterocycles. The molecule has 1 aliphatic rings. The molecule has 1 aromatic rings. The van der Waals surface area contributed by atoms with Gasteiger partial charge in [-0.3, -0.25) is 10.1 Å². The van der Waals surface area contributed by atoms with Crippen molar-refractivity contribution in [2.75, 3.05) is 0 Å². The SMILES string of the molecule is Cc1ccc(O)c(C=CC=C2OC(=O)NC2=O)c1. The number of aryl methyl sites for hydroxylation is 1. The lowest BCUT2D eigenvalue weighted by Gasteiger charge is -1.99. The number of ether oxygens (including phenoxy) is 1. The first-order chi connectivity index (χ1) is 8.56. The van der Waals surface area contributed by atoms with E-state index in [1.165, 1.54) is 12.2 Å². The van der Waals surface area contributed by atoms with Crippen molar-refractivity contribution in [3.8, 4) is 5.75 Å². The Kier molecular flexibility index (Phi) is 3.14. The van der Waals surface area contributed by atoms with Crippen LogP contribution in [0.25, 0.3) is 6.08 Å². The molecule has 1 aromatic carbocycles. The number of carbonyl (C=O) groups is 2. The summed E-state index contributed by atoms with van der Waals surface area (Å²) in [5.41, 5.74) is 1.63. The summed E-state index contributed by atoms with van der Waals surface area (Å²) in [6, 6.07) is 5.17. The molecule has 0 spiro atoms. The van der Waals surface area contributed by atoms with Gasteiger partial charge in [0.1, 0.15) is 5.75 Å². The molecule has 2 amide bonds. The smallest absolute Gasteiger partial charge is 0.419 e. The highest BCUT2D eigenvalue weighted by Gasteiger charge is 2.25. The number of phenolic OH excluding ortho intramolecular Hbond substituents is 1. The van der Waals surface area contributed by atoms with Gasteiger partial charge in [-0.1, -0.05) is 23.8 Å². The Bertz CT molecular complexity index is 572. The molecule has 5 nitrogen and oxygen atoms in total. The highest BCUT2D eigenvalue weighted by Crippen LogP contribution is 2.19. The van der Waals surface area contributed by atoms with Gasteiger partial charge >= 0.3 is 6.09 Å². The number of allylic oxidation sites excluding steroid dienone is 2. The van der Waals surface area contributed by atoms with E-state index in [1.807, 2.05) is 12.2 Å². The van der Waals surface area contributed by atoms with Crippen LogP contribution in [0.3, 0.4) is 0 Å². The largest absolute Gasteiger partial charge is 0.507 e. The van der Waals surface area contributed by atoms with Crippen molar-refractivity contribution in [2.24, 2.45) is 0 Å². The summed E-state index contributed by atoms with van der Waals surface area (Å²) in [4.78, 5) is 21.9. The molecule has 2 N–H and O–H groups in total. The van der Waals surface area contributed by atoms with Gasteiger partial charge in [0.25, 0.3) is 5.91 Å². The van der Waals surface area contributed by atoms with Gasteiger partial charge in [-0.2, -0.15) is 0 Å². The van der Waals surface area contributed by atoms with Crippen LogP contribution in [-0.4, -0.2) is 17.1 Å². The lowest BCUT2D eigenvalue weighted by Crippen LogP contribution is -2.18. The second-order valence-electron chi connectivity index (χ2n) is 3.80. The molecule has 0 bridgehead atoms. The molecule has 0 radical (unpaired) electrons. The highest BCUT2D eigenvalue weighted by molar-refractivity contribution is 6.07. The van der Waals surface area contributed by atoms with Gasteiger partial charge in [0, 0.05) is 5.56 Å². The van der Waals surface area contributed by atoms with Crippen LogP contribution >= 0.6 is 0 Å². The van der Waals surface area contributed by atoms with Gasteiger partial charge in [0.15, 0.2) is 5.76 Å². The summed E-state index contributed by atoms with van der Waals surface area (Å²) in [6.07, 6.45) is 3.73. The molecular weight excluding hydrogens is 234 g/mol. The third-order valence-electron chi connectivity index (χ3n) is 2.35. The molecule has 1 heterocycles. The number of hydrogen-bond donors (Lipinski definition) is 2. The Morgan fingerprint density at radius 2 is 2.11 bits per heavy atom. The molecule has 2 rings (SSSR count). The van der Waals surface area contributed by atoms with Crippen molar-refractivity contribution in [1.82, 2.24) is 5.32 Å². The van der Waals surface area contributed by atoms with Crippen molar-refractivity contribution in [1.29, 1.82) is 0 Å². The molecular formula is C13H11NO4. The summed E-state index contributed by atoms with van der Waals surface area (Å²) >= 11 is 0. The first-order valence-electron chi connectivity index (χ1n) is 5.27. The van der Waals surface area contributed by atoms with Crippen molar-refractivity contribution >= 4 is 18.1 Å². The Hall–Kier alpha value is -2.56. The number of benzene rings is 1. The van der Waals surface area contributed by atoms with E-state index in [1.54, 1.807) is 24.3 Å². The predicted molar refractivity (Wildman–Crippen MR) is 64.6 cm³/mol. The summed E-state index contributed by atoms with van der Waals surface area (Å²) in [5.74, 6) is -0.496. The number of carbonyl (C=O) groups excluding carboxylic acids is 2. The van der Waals surface area contributed by atoms with Crippen LogP contribution in [-0.2, 0) is 9.53 Å². The summed E-state index contributed by atoms with van der Waals surface area (Å²) < 4.78 is 4.61. The minimum Gasteiger partial charge on any atom is -0.507 e. The first-order valence-corrected chi connectivity index (χ1v) is 5.27. The minimum atomic E-state index is -0.780. The van der Waals surface area contributed by atoms with Crippen LogP contribution in [0.5, 0.6) is 5.75 Å². The van der Waals surface area contributed by atoms with E-state index in [0.29, 0.717) is 5.56 Å². The fraction of sp³-hybridized carbons (Fsp3) is 0.0769. The molecule has 0 atom stereocenters. The molecule has 1 aliphatic heterocycles. The van der Waals surface area contributed by atoms with Crippen molar-refractivity contribution < 1.29 is 19.4 Å². The number of hydrogen-bond acceptors (Lipinski definition) is 4. The standard InChI is InChI=1S/C13H11NO4/c1-8-5-6-10(15)9(7-8)3-2-4-11-12(16)14-13(17)18-11/h2-7,15H,1H3,(H,14,16,17). The third kappa shape index (κ3) is 2.57. The fourth-order valence-corrected chi connectivity index (χ4v) is 1.48. The number of amides is 2. The molecule has 0 aromatic heterocycles. The number of rotatable bonds is 2. The maximum Gasteiger partial charge on any atom is 0.419 e. The van der Waals surface area contributed by atoms with E-state index < -0.39 is 12.0 Å². The zero-order chi connectivity index (χ0) is 13.1. The van der Waals surface area contributed by atoms with Crippen LogP contribution in [0.1, 0.15) is 11.1 Å². The van der Waals surface area contributed by atoms with Gasteiger partial charge in [-0.15, -0.1) is 0 Å². The molecule has 0 aliphatic carbocycles. The lowest BCUT2D eigenvalue weighted by molar-refractivity contribution is -0.116. The molecule has 0 unspecified atom stereocenters.